The molecule has 0 radical (unpaired) electrons. The van der Waals surface area contributed by atoms with E-state index in [0.29, 0.717) is 19.4 Å². The molecule has 0 spiro atoms. The van der Waals surface area contributed by atoms with Crippen molar-refractivity contribution in [2.24, 2.45) is 5.92 Å². The maximum atomic E-state index is 12.3. The number of pyridine rings is 1. The Morgan fingerprint density at radius 1 is 1.48 bits per heavy atom. The average Bonchev–Trinajstić information content (AvgIpc) is 2.47. The molecule has 2 atom stereocenters. The largest absolute Gasteiger partial charge is 0.348 e. The van der Waals surface area contributed by atoms with Crippen LogP contribution in [0, 0.1) is 5.92 Å². The summed E-state index contributed by atoms with van der Waals surface area (Å²) in [5.41, 5.74) is 0.793. The highest BCUT2D eigenvalue weighted by Crippen LogP contribution is 2.20. The molecule has 1 fully saturated rings. The predicted octanol–water partition coefficient (Wildman–Crippen LogP) is 0.930. The number of piperidine rings is 1. The monoisotopic (exact) mass is 311 g/mol. The molecule has 0 saturated carbocycles. The summed E-state index contributed by atoms with van der Waals surface area (Å²) in [5.74, 6) is -0.402. The van der Waals surface area contributed by atoms with Gasteiger partial charge in [-0.3, -0.25) is 9.78 Å². The fourth-order valence-corrected chi connectivity index (χ4v) is 3.41. The summed E-state index contributed by atoms with van der Waals surface area (Å²) in [6.07, 6.45) is 4.30. The van der Waals surface area contributed by atoms with Gasteiger partial charge in [-0.15, -0.1) is 0 Å². The first-order chi connectivity index (χ1) is 9.88. The summed E-state index contributed by atoms with van der Waals surface area (Å²) in [4.78, 5) is 16.5. The van der Waals surface area contributed by atoms with Crippen molar-refractivity contribution in [3.63, 3.8) is 0 Å². The van der Waals surface area contributed by atoms with Gasteiger partial charge in [-0.05, 0) is 31.9 Å². The van der Waals surface area contributed by atoms with E-state index in [1.165, 1.54) is 10.6 Å². The lowest BCUT2D eigenvalue weighted by Crippen LogP contribution is -2.45. The number of rotatable bonds is 4. The second-order valence-corrected chi connectivity index (χ2v) is 7.43. The van der Waals surface area contributed by atoms with Gasteiger partial charge in [-0.25, -0.2) is 12.7 Å². The third-order valence-corrected chi connectivity index (χ3v) is 4.98. The summed E-state index contributed by atoms with van der Waals surface area (Å²) in [7, 11) is -3.23. The molecular formula is C14H21N3O3S. The van der Waals surface area contributed by atoms with E-state index < -0.39 is 10.0 Å². The molecule has 0 unspecified atom stereocenters. The summed E-state index contributed by atoms with van der Waals surface area (Å²) >= 11 is 0. The van der Waals surface area contributed by atoms with Gasteiger partial charge in [0.05, 0.1) is 23.9 Å². The fraction of sp³-hybridized carbons (Fsp3) is 0.571. The van der Waals surface area contributed by atoms with E-state index in [2.05, 4.69) is 10.3 Å². The molecule has 1 aromatic heterocycles. The molecule has 1 amide bonds. The Hall–Kier alpha value is -1.47. The Labute approximate surface area is 125 Å². The van der Waals surface area contributed by atoms with Gasteiger partial charge >= 0.3 is 0 Å². The van der Waals surface area contributed by atoms with Crippen molar-refractivity contribution < 1.29 is 13.2 Å². The van der Waals surface area contributed by atoms with Crippen molar-refractivity contribution in [3.05, 3.63) is 30.1 Å². The van der Waals surface area contributed by atoms with Crippen molar-refractivity contribution in [1.82, 2.24) is 14.6 Å². The van der Waals surface area contributed by atoms with Crippen LogP contribution in [0.4, 0.5) is 0 Å². The summed E-state index contributed by atoms with van der Waals surface area (Å²) in [5, 5.41) is 2.91. The third kappa shape index (κ3) is 4.25. The van der Waals surface area contributed by atoms with Crippen molar-refractivity contribution in [3.8, 4) is 0 Å². The molecule has 7 heteroatoms. The number of sulfonamides is 1. The SMILES string of the molecule is C[C@H](NC(=O)[C@@H]1CCCN(S(C)(=O)=O)C1)c1ccccn1. The third-order valence-electron chi connectivity index (χ3n) is 3.71. The summed E-state index contributed by atoms with van der Waals surface area (Å²) in [6.45, 7) is 2.63. The van der Waals surface area contributed by atoms with Crippen LogP contribution in [0.2, 0.25) is 0 Å². The standard InChI is InChI=1S/C14H21N3O3S/c1-11(13-7-3-4-8-15-13)16-14(18)12-6-5-9-17(10-12)21(2,19)20/h3-4,7-8,11-12H,5-6,9-10H2,1-2H3,(H,16,18)/t11-,12+/m0/s1. The number of carbonyl (C=O) groups excluding carboxylic acids is 1. The summed E-state index contributed by atoms with van der Waals surface area (Å²) in [6, 6.07) is 5.36. The Kier molecular flexibility index (Phi) is 4.95. The molecule has 2 rings (SSSR count). The highest BCUT2D eigenvalue weighted by atomic mass is 32.2. The van der Waals surface area contributed by atoms with Crippen LogP contribution in [0.5, 0.6) is 0 Å². The van der Waals surface area contributed by atoms with Crippen molar-refractivity contribution in [2.45, 2.75) is 25.8 Å². The molecule has 1 aliphatic heterocycles. The highest BCUT2D eigenvalue weighted by Gasteiger charge is 2.30. The zero-order valence-electron chi connectivity index (χ0n) is 12.3. The van der Waals surface area contributed by atoms with Crippen LogP contribution in [0.3, 0.4) is 0 Å². The van der Waals surface area contributed by atoms with Crippen LogP contribution >= 0.6 is 0 Å². The number of carbonyl (C=O) groups is 1. The lowest BCUT2D eigenvalue weighted by molar-refractivity contribution is -0.126. The predicted molar refractivity (Wildman–Crippen MR) is 79.9 cm³/mol. The Bertz CT molecular complexity index is 589. The van der Waals surface area contributed by atoms with Crippen LogP contribution in [-0.4, -0.2) is 43.0 Å². The molecule has 0 bridgehead atoms. The smallest absolute Gasteiger partial charge is 0.224 e. The van der Waals surface area contributed by atoms with Gasteiger partial charge in [-0.2, -0.15) is 0 Å². The van der Waals surface area contributed by atoms with Gasteiger partial charge in [-0.1, -0.05) is 6.07 Å². The molecule has 2 heterocycles. The maximum absolute atomic E-state index is 12.3. The molecule has 1 N–H and O–H groups in total. The molecule has 1 aromatic rings. The zero-order valence-corrected chi connectivity index (χ0v) is 13.1. The number of aromatic nitrogens is 1. The minimum Gasteiger partial charge on any atom is -0.348 e. The van der Waals surface area contributed by atoms with Gasteiger partial charge < -0.3 is 5.32 Å². The molecular weight excluding hydrogens is 290 g/mol. The second-order valence-electron chi connectivity index (χ2n) is 5.45. The van der Waals surface area contributed by atoms with Gasteiger partial charge in [0.25, 0.3) is 0 Å². The molecule has 0 aliphatic carbocycles. The fourth-order valence-electron chi connectivity index (χ4n) is 2.49. The van der Waals surface area contributed by atoms with Crippen molar-refractivity contribution in [2.75, 3.05) is 19.3 Å². The van der Waals surface area contributed by atoms with Gasteiger partial charge in [0, 0.05) is 19.3 Å². The lowest BCUT2D eigenvalue weighted by atomic mass is 9.98. The van der Waals surface area contributed by atoms with Crippen LogP contribution < -0.4 is 5.32 Å². The molecule has 0 aromatic carbocycles. The zero-order chi connectivity index (χ0) is 15.5. The Morgan fingerprint density at radius 3 is 2.86 bits per heavy atom. The van der Waals surface area contributed by atoms with E-state index in [4.69, 9.17) is 0 Å². The van der Waals surface area contributed by atoms with E-state index in [9.17, 15) is 13.2 Å². The number of hydrogen-bond donors (Lipinski definition) is 1. The topological polar surface area (TPSA) is 79.4 Å². The normalized spacial score (nSPS) is 21.7. The molecule has 6 nitrogen and oxygen atoms in total. The van der Waals surface area contributed by atoms with Gasteiger partial charge in [0.1, 0.15) is 0 Å². The van der Waals surface area contributed by atoms with Crippen LogP contribution in [0.25, 0.3) is 0 Å². The maximum Gasteiger partial charge on any atom is 0.224 e. The van der Waals surface area contributed by atoms with Gasteiger partial charge in [0.2, 0.25) is 15.9 Å². The lowest BCUT2D eigenvalue weighted by Gasteiger charge is -2.30. The van der Waals surface area contributed by atoms with E-state index in [-0.39, 0.29) is 24.4 Å². The molecule has 21 heavy (non-hydrogen) atoms. The molecule has 116 valence electrons. The summed E-state index contributed by atoms with van der Waals surface area (Å²) < 4.78 is 24.5. The number of nitrogens with one attached hydrogen (secondary N) is 1. The van der Waals surface area contributed by atoms with Crippen molar-refractivity contribution in [1.29, 1.82) is 0 Å². The first kappa shape index (κ1) is 15.9. The first-order valence-corrected chi connectivity index (χ1v) is 8.89. The van der Waals surface area contributed by atoms with Crippen LogP contribution in [0.15, 0.2) is 24.4 Å². The van der Waals surface area contributed by atoms with E-state index in [0.717, 1.165) is 5.69 Å². The van der Waals surface area contributed by atoms with Crippen LogP contribution in [-0.2, 0) is 14.8 Å². The van der Waals surface area contributed by atoms with Crippen LogP contribution in [0.1, 0.15) is 31.5 Å². The first-order valence-electron chi connectivity index (χ1n) is 7.04. The quantitative estimate of drug-likeness (QED) is 0.897. The molecule has 1 aliphatic rings. The minimum atomic E-state index is -3.23. The molecule has 1 saturated heterocycles. The Morgan fingerprint density at radius 2 is 2.24 bits per heavy atom. The van der Waals surface area contributed by atoms with Crippen molar-refractivity contribution >= 4 is 15.9 Å². The Balaban J connectivity index is 1.97. The van der Waals surface area contributed by atoms with E-state index >= 15 is 0 Å². The highest BCUT2D eigenvalue weighted by molar-refractivity contribution is 7.88. The van der Waals surface area contributed by atoms with E-state index in [1.807, 2.05) is 25.1 Å². The number of nitrogens with zero attached hydrogens (tertiary/aromatic N) is 2. The second kappa shape index (κ2) is 6.53. The number of hydrogen-bond acceptors (Lipinski definition) is 4. The van der Waals surface area contributed by atoms with Gasteiger partial charge in [0.15, 0.2) is 0 Å². The van der Waals surface area contributed by atoms with E-state index in [1.54, 1.807) is 6.20 Å². The number of amides is 1. The average molecular weight is 311 g/mol. The minimum absolute atomic E-state index is 0.110.